The van der Waals surface area contributed by atoms with E-state index in [1.807, 2.05) is 36.4 Å². The molecule has 4 rings (SSSR count). The molecule has 0 bridgehead atoms. The van der Waals surface area contributed by atoms with Gasteiger partial charge in [-0.15, -0.1) is 11.3 Å². The largest absolute Gasteiger partial charge is 0.355 e. The highest BCUT2D eigenvalue weighted by molar-refractivity contribution is 7.20. The van der Waals surface area contributed by atoms with Gasteiger partial charge in [0.05, 0.1) is 4.34 Å². The summed E-state index contributed by atoms with van der Waals surface area (Å²) in [5.74, 6) is 0.0278. The van der Waals surface area contributed by atoms with Crippen molar-refractivity contribution in [3.8, 4) is 0 Å². The fourth-order valence-corrected chi connectivity index (χ4v) is 5.24. The zero-order chi connectivity index (χ0) is 22.0. The number of carbonyl (C=O) groups is 1. The Morgan fingerprint density at radius 1 is 1.06 bits per heavy atom. The fraction of sp³-hybridized carbons (Fsp3) is 0.115. The SMILES string of the molecule is CC/C(=C(/c1ccc(/C=C/C(C)=O)cc1)c1cc2ccccc2[nH]1)c1cc(Cl)sc1Cl. The molecule has 2 aromatic carbocycles. The van der Waals surface area contributed by atoms with Gasteiger partial charge in [0.15, 0.2) is 5.78 Å². The molecule has 0 aliphatic heterocycles. The standard InChI is InChI=1S/C26H21Cl2NOS/c1-3-20(21-15-24(27)31-26(21)28)25(23-14-19-6-4-5-7-22(19)29-23)18-12-10-17(11-13-18)9-8-16(2)30/h4-15,29H,3H2,1-2H3/b9-8+,25-20+. The molecule has 2 heterocycles. The van der Waals surface area contributed by atoms with Gasteiger partial charge in [-0.2, -0.15) is 0 Å². The van der Waals surface area contributed by atoms with Crippen LogP contribution in [0.5, 0.6) is 0 Å². The molecule has 0 spiro atoms. The van der Waals surface area contributed by atoms with E-state index < -0.39 is 0 Å². The van der Waals surface area contributed by atoms with Crippen LogP contribution in [0.3, 0.4) is 0 Å². The van der Waals surface area contributed by atoms with Gasteiger partial charge in [0.1, 0.15) is 4.34 Å². The van der Waals surface area contributed by atoms with Gasteiger partial charge < -0.3 is 4.98 Å². The van der Waals surface area contributed by atoms with Crippen molar-refractivity contribution in [1.82, 2.24) is 4.98 Å². The van der Waals surface area contributed by atoms with Crippen LogP contribution in [0.4, 0.5) is 0 Å². The number of rotatable bonds is 6. The Bertz CT molecular complexity index is 1280. The molecular formula is C26H21Cl2NOS. The van der Waals surface area contributed by atoms with Crippen molar-refractivity contribution in [3.63, 3.8) is 0 Å². The predicted molar refractivity (Wildman–Crippen MR) is 135 cm³/mol. The van der Waals surface area contributed by atoms with Gasteiger partial charge in [-0.25, -0.2) is 0 Å². The summed E-state index contributed by atoms with van der Waals surface area (Å²) in [4.78, 5) is 14.8. The van der Waals surface area contributed by atoms with E-state index >= 15 is 0 Å². The maximum atomic E-state index is 11.3. The third kappa shape index (κ3) is 4.69. The Hall–Kier alpha value is -2.59. The maximum Gasteiger partial charge on any atom is 0.152 e. The molecule has 2 aromatic heterocycles. The molecule has 31 heavy (non-hydrogen) atoms. The van der Waals surface area contributed by atoms with E-state index in [0.29, 0.717) is 8.67 Å². The van der Waals surface area contributed by atoms with Crippen molar-refractivity contribution >= 4 is 68.4 Å². The van der Waals surface area contributed by atoms with Crippen LogP contribution in [-0.4, -0.2) is 10.8 Å². The molecule has 0 saturated heterocycles. The Morgan fingerprint density at radius 3 is 2.42 bits per heavy atom. The van der Waals surface area contributed by atoms with E-state index in [9.17, 15) is 4.79 Å². The molecule has 0 saturated carbocycles. The summed E-state index contributed by atoms with van der Waals surface area (Å²) in [5, 5.41) is 1.15. The lowest BCUT2D eigenvalue weighted by atomic mass is 9.91. The Kier molecular flexibility index (Phi) is 6.47. The number of aromatic amines is 1. The van der Waals surface area contributed by atoms with Gasteiger partial charge in [0, 0.05) is 27.7 Å². The number of H-pyrrole nitrogens is 1. The maximum absolute atomic E-state index is 11.3. The van der Waals surface area contributed by atoms with E-state index in [0.717, 1.165) is 50.9 Å². The molecule has 0 unspecified atom stereocenters. The number of nitrogens with one attached hydrogen (secondary N) is 1. The molecular weight excluding hydrogens is 445 g/mol. The lowest BCUT2D eigenvalue weighted by molar-refractivity contribution is -0.112. The van der Waals surface area contributed by atoms with Crippen LogP contribution in [0.15, 0.2) is 66.7 Å². The lowest BCUT2D eigenvalue weighted by Crippen LogP contribution is -1.95. The van der Waals surface area contributed by atoms with E-state index in [1.165, 1.54) is 11.3 Å². The second kappa shape index (κ2) is 9.27. The summed E-state index contributed by atoms with van der Waals surface area (Å²) >= 11 is 14.2. The number of halogens is 2. The highest BCUT2D eigenvalue weighted by Gasteiger charge is 2.18. The Labute approximate surface area is 195 Å². The van der Waals surface area contributed by atoms with E-state index in [2.05, 4.69) is 42.2 Å². The molecule has 0 radical (unpaired) electrons. The number of hydrogen-bond donors (Lipinski definition) is 1. The van der Waals surface area contributed by atoms with E-state index in [-0.39, 0.29) is 5.78 Å². The van der Waals surface area contributed by atoms with Gasteiger partial charge >= 0.3 is 0 Å². The number of ketones is 1. The zero-order valence-corrected chi connectivity index (χ0v) is 19.5. The van der Waals surface area contributed by atoms with Crippen LogP contribution in [0.2, 0.25) is 8.67 Å². The minimum atomic E-state index is 0.0278. The minimum Gasteiger partial charge on any atom is -0.355 e. The summed E-state index contributed by atoms with van der Waals surface area (Å²) in [7, 11) is 0. The summed E-state index contributed by atoms with van der Waals surface area (Å²) < 4.78 is 1.36. The molecule has 5 heteroatoms. The molecule has 0 aliphatic rings. The molecule has 0 atom stereocenters. The van der Waals surface area contributed by atoms with Gasteiger partial charge in [0.25, 0.3) is 0 Å². The van der Waals surface area contributed by atoms with Gasteiger partial charge in [-0.05, 0) is 54.3 Å². The molecule has 4 aromatic rings. The van der Waals surface area contributed by atoms with E-state index in [1.54, 1.807) is 13.0 Å². The van der Waals surface area contributed by atoms with Crippen molar-refractivity contribution in [2.24, 2.45) is 0 Å². The molecule has 1 N–H and O–H groups in total. The van der Waals surface area contributed by atoms with Gasteiger partial charge in [-0.3, -0.25) is 4.79 Å². The van der Waals surface area contributed by atoms with Crippen LogP contribution < -0.4 is 0 Å². The number of hydrogen-bond acceptors (Lipinski definition) is 2. The van der Waals surface area contributed by atoms with Crippen molar-refractivity contribution in [3.05, 3.63) is 97.8 Å². The molecule has 0 amide bonds. The number of carbonyl (C=O) groups excluding carboxylic acids is 1. The molecule has 0 aliphatic carbocycles. The number of aromatic nitrogens is 1. The van der Waals surface area contributed by atoms with Gasteiger partial charge in [0.2, 0.25) is 0 Å². The highest BCUT2D eigenvalue weighted by Crippen LogP contribution is 2.42. The van der Waals surface area contributed by atoms with Crippen molar-refractivity contribution in [2.45, 2.75) is 20.3 Å². The second-order valence-electron chi connectivity index (χ2n) is 7.28. The highest BCUT2D eigenvalue weighted by atomic mass is 35.5. The number of thiophene rings is 1. The van der Waals surface area contributed by atoms with Crippen LogP contribution in [0, 0.1) is 0 Å². The molecule has 2 nitrogen and oxygen atoms in total. The summed E-state index contributed by atoms with van der Waals surface area (Å²) in [6.45, 7) is 3.68. The van der Waals surface area contributed by atoms with Crippen LogP contribution in [0.1, 0.15) is 42.7 Å². The van der Waals surface area contributed by atoms with Crippen LogP contribution >= 0.6 is 34.5 Å². The minimum absolute atomic E-state index is 0.0278. The molecule has 156 valence electrons. The predicted octanol–water partition coefficient (Wildman–Crippen LogP) is 8.51. The quantitative estimate of drug-likeness (QED) is 0.284. The Balaban J connectivity index is 1.92. The first-order valence-corrected chi connectivity index (χ1v) is 11.6. The monoisotopic (exact) mass is 465 g/mol. The topological polar surface area (TPSA) is 32.9 Å². The molecule has 0 fully saturated rings. The first kappa shape index (κ1) is 21.6. The Morgan fingerprint density at radius 2 is 1.81 bits per heavy atom. The average molecular weight is 466 g/mol. The van der Waals surface area contributed by atoms with Crippen LogP contribution in [-0.2, 0) is 4.79 Å². The number of allylic oxidation sites excluding steroid dienone is 2. The summed E-state index contributed by atoms with van der Waals surface area (Å²) in [6, 6.07) is 20.6. The summed E-state index contributed by atoms with van der Waals surface area (Å²) in [5.41, 5.74) is 7.35. The van der Waals surface area contributed by atoms with Gasteiger partial charge in [-0.1, -0.05) is 78.7 Å². The van der Waals surface area contributed by atoms with Crippen molar-refractivity contribution in [2.75, 3.05) is 0 Å². The fourth-order valence-electron chi connectivity index (χ4n) is 3.72. The smallest absolute Gasteiger partial charge is 0.152 e. The number of fused-ring (bicyclic) bond motifs is 1. The lowest BCUT2D eigenvalue weighted by Gasteiger charge is -2.14. The second-order valence-corrected chi connectivity index (χ2v) is 9.57. The first-order chi connectivity index (χ1) is 15.0. The number of para-hydroxylation sites is 1. The summed E-state index contributed by atoms with van der Waals surface area (Å²) in [6.07, 6.45) is 4.20. The average Bonchev–Trinajstić information content (AvgIpc) is 3.33. The zero-order valence-electron chi connectivity index (χ0n) is 17.2. The number of benzene rings is 2. The van der Waals surface area contributed by atoms with Crippen molar-refractivity contribution in [1.29, 1.82) is 0 Å². The normalized spacial score (nSPS) is 12.5. The van der Waals surface area contributed by atoms with Crippen molar-refractivity contribution < 1.29 is 4.79 Å². The third-order valence-corrected chi connectivity index (χ3v) is 6.63. The first-order valence-electron chi connectivity index (χ1n) is 10.0. The third-order valence-electron chi connectivity index (χ3n) is 5.15. The van der Waals surface area contributed by atoms with E-state index in [4.69, 9.17) is 23.2 Å². The van der Waals surface area contributed by atoms with Crippen LogP contribution in [0.25, 0.3) is 28.1 Å².